The molecule has 76 valence electrons. The Morgan fingerprint density at radius 1 is 1.47 bits per heavy atom. The Labute approximate surface area is 96.8 Å². The Morgan fingerprint density at radius 2 is 2.13 bits per heavy atom. The third-order valence-electron chi connectivity index (χ3n) is 1.85. The third-order valence-corrected chi connectivity index (χ3v) is 2.09. The fraction of sp³-hybridized carbons (Fsp3) is 0.333. The maximum Gasteiger partial charge on any atom is 0.0990 e. The van der Waals surface area contributed by atoms with Crippen LogP contribution in [0.4, 0.5) is 11.4 Å². The minimum atomic E-state index is -1.66. The molecular weight excluding hydrogens is 209 g/mol. The number of nitrogens with two attached hydrogens (primary N) is 1. The number of benzene rings is 1. The first kappa shape index (κ1) is 12.3. The second-order valence-corrected chi connectivity index (χ2v) is 3.84. The van der Waals surface area contributed by atoms with E-state index in [-0.39, 0.29) is 6.42 Å². The molecule has 0 aliphatic rings. The minimum absolute atomic E-state index is 0.217. The number of hydrogen-bond donors (Lipinski definition) is 3. The topological polar surface area (TPSA) is 58.3 Å². The lowest BCUT2D eigenvalue weighted by molar-refractivity contribution is 0.207. The molecule has 0 bridgehead atoms. The summed E-state index contributed by atoms with van der Waals surface area (Å²) in [4.78, 5) is 0. The zero-order valence-electron chi connectivity index (χ0n) is 8.20. The number of anilines is 2. The van der Waals surface area contributed by atoms with Crippen LogP contribution in [0.25, 0.3) is 0 Å². The lowest BCUT2D eigenvalue weighted by atomic mass is 9.63. The van der Waals surface area contributed by atoms with E-state index >= 15 is 0 Å². The quantitative estimate of drug-likeness (QED) is 0.517. The molecule has 0 unspecified atom stereocenters. The van der Waals surface area contributed by atoms with E-state index in [9.17, 15) is 0 Å². The Morgan fingerprint density at radius 3 is 2.67 bits per heavy atom. The number of nitrogens with one attached hydrogen (secondary N) is 1. The molecule has 0 saturated heterocycles. The first-order valence-electron chi connectivity index (χ1n) is 4.47. The maximum absolute atomic E-state index is 9.07. The van der Waals surface area contributed by atoms with Gasteiger partial charge in [-0.2, -0.15) is 0 Å². The Bertz CT molecular complexity index is 341. The minimum Gasteiger partial charge on any atom is -0.409 e. The van der Waals surface area contributed by atoms with Crippen LogP contribution in [-0.2, 0) is 0 Å². The standard InChI is InChI=1S/C9H11B2ClN2O/c10-9(11,15)3-4-14-8-2-1-6(12)5-7(8)13/h1-2,5,14-15H,3-4,13H2. The van der Waals surface area contributed by atoms with E-state index in [1.54, 1.807) is 18.2 Å². The van der Waals surface area contributed by atoms with Crippen molar-refractivity contribution in [2.24, 2.45) is 0 Å². The molecule has 1 aromatic carbocycles. The molecule has 0 aromatic heterocycles. The van der Waals surface area contributed by atoms with Gasteiger partial charge in [-0.05, 0) is 30.0 Å². The van der Waals surface area contributed by atoms with E-state index in [2.05, 4.69) is 5.32 Å². The highest BCUT2D eigenvalue weighted by atomic mass is 35.5. The fourth-order valence-corrected chi connectivity index (χ4v) is 1.27. The molecule has 3 nitrogen and oxygen atoms in total. The molecule has 6 heteroatoms. The van der Waals surface area contributed by atoms with E-state index in [0.29, 0.717) is 17.3 Å². The van der Waals surface area contributed by atoms with Gasteiger partial charge in [0.1, 0.15) is 0 Å². The van der Waals surface area contributed by atoms with Gasteiger partial charge in [-0.15, -0.1) is 0 Å². The Balaban J connectivity index is 2.51. The average Bonchev–Trinajstić information content (AvgIpc) is 2.07. The molecule has 1 aromatic rings. The van der Waals surface area contributed by atoms with Crippen molar-refractivity contribution in [1.29, 1.82) is 0 Å². The van der Waals surface area contributed by atoms with Gasteiger partial charge in [0, 0.05) is 11.6 Å². The van der Waals surface area contributed by atoms with Crippen LogP contribution < -0.4 is 11.1 Å². The lowest BCUT2D eigenvalue weighted by Crippen LogP contribution is -2.31. The summed E-state index contributed by atoms with van der Waals surface area (Å²) in [5.41, 5.74) is 6.98. The molecule has 0 aliphatic carbocycles. The largest absolute Gasteiger partial charge is 0.409 e. The van der Waals surface area contributed by atoms with Crippen LogP contribution >= 0.6 is 11.6 Å². The number of aliphatic hydroxyl groups is 1. The highest BCUT2D eigenvalue weighted by Gasteiger charge is 2.10. The molecule has 4 radical (unpaired) electrons. The van der Waals surface area contributed by atoms with Crippen molar-refractivity contribution < 1.29 is 5.11 Å². The number of rotatable bonds is 4. The van der Waals surface area contributed by atoms with Crippen molar-refractivity contribution >= 4 is 38.7 Å². The zero-order chi connectivity index (χ0) is 11.5. The number of halogens is 1. The van der Waals surface area contributed by atoms with Crippen molar-refractivity contribution in [1.82, 2.24) is 0 Å². The van der Waals surface area contributed by atoms with Crippen LogP contribution in [0.3, 0.4) is 0 Å². The summed E-state index contributed by atoms with van der Waals surface area (Å²) in [5.74, 6) is 0. The van der Waals surface area contributed by atoms with Gasteiger partial charge in [-0.3, -0.25) is 0 Å². The van der Waals surface area contributed by atoms with Crippen molar-refractivity contribution in [2.75, 3.05) is 17.6 Å². The van der Waals surface area contributed by atoms with Gasteiger partial charge in [0.2, 0.25) is 0 Å². The molecule has 0 amide bonds. The van der Waals surface area contributed by atoms with E-state index < -0.39 is 5.40 Å². The molecular formula is C9H11B2ClN2O. The third kappa shape index (κ3) is 4.49. The predicted molar refractivity (Wildman–Crippen MR) is 65.4 cm³/mol. The summed E-state index contributed by atoms with van der Waals surface area (Å²) >= 11 is 5.74. The highest BCUT2D eigenvalue weighted by molar-refractivity contribution is 6.38. The second-order valence-electron chi connectivity index (χ2n) is 3.40. The van der Waals surface area contributed by atoms with Gasteiger partial charge < -0.3 is 16.2 Å². The Hall–Kier alpha value is -0.800. The molecule has 0 fully saturated rings. The van der Waals surface area contributed by atoms with Crippen LogP contribution in [0.5, 0.6) is 0 Å². The van der Waals surface area contributed by atoms with Crippen LogP contribution in [0, 0.1) is 0 Å². The van der Waals surface area contributed by atoms with E-state index in [0.717, 1.165) is 5.69 Å². The number of hydrogen-bond acceptors (Lipinski definition) is 3. The molecule has 1 rings (SSSR count). The molecule has 4 N–H and O–H groups in total. The fourth-order valence-electron chi connectivity index (χ4n) is 1.09. The van der Waals surface area contributed by atoms with Crippen molar-refractivity contribution in [2.45, 2.75) is 11.8 Å². The van der Waals surface area contributed by atoms with E-state index in [1.807, 2.05) is 0 Å². The van der Waals surface area contributed by atoms with Gasteiger partial charge in [-0.25, -0.2) is 0 Å². The van der Waals surface area contributed by atoms with Crippen LogP contribution in [0.15, 0.2) is 18.2 Å². The Kier molecular flexibility index (Phi) is 3.94. The van der Waals surface area contributed by atoms with Gasteiger partial charge in [0.05, 0.1) is 27.1 Å². The summed E-state index contributed by atoms with van der Waals surface area (Å²) in [5, 5.41) is 11.0. The van der Waals surface area contributed by atoms with E-state index in [1.165, 1.54) is 0 Å². The molecule has 0 spiro atoms. The SMILES string of the molecule is [B]C([B])(O)CCNc1ccc(Cl)cc1N. The first-order valence-corrected chi connectivity index (χ1v) is 4.85. The highest BCUT2D eigenvalue weighted by Crippen LogP contribution is 2.22. The molecule has 0 saturated carbocycles. The first-order chi connectivity index (χ1) is 6.88. The van der Waals surface area contributed by atoms with Crippen LogP contribution in [0.2, 0.25) is 5.02 Å². The van der Waals surface area contributed by atoms with Crippen molar-refractivity contribution in [3.8, 4) is 0 Å². The average molecular weight is 220 g/mol. The molecule has 15 heavy (non-hydrogen) atoms. The number of nitrogen functional groups attached to an aromatic ring is 1. The zero-order valence-corrected chi connectivity index (χ0v) is 8.96. The summed E-state index contributed by atoms with van der Waals surface area (Å²) in [6, 6.07) is 5.11. The van der Waals surface area contributed by atoms with Crippen LogP contribution in [0.1, 0.15) is 6.42 Å². The second kappa shape index (κ2) is 4.81. The van der Waals surface area contributed by atoms with Crippen molar-refractivity contribution in [3.63, 3.8) is 0 Å². The summed E-state index contributed by atoms with van der Waals surface area (Å²) in [6.07, 6.45) is 0.217. The van der Waals surface area contributed by atoms with E-state index in [4.69, 9.17) is 38.1 Å². The summed E-state index contributed by atoms with van der Waals surface area (Å²) < 4.78 is 0. The van der Waals surface area contributed by atoms with Gasteiger partial charge >= 0.3 is 0 Å². The molecule has 0 aliphatic heterocycles. The van der Waals surface area contributed by atoms with Crippen LogP contribution in [-0.4, -0.2) is 32.7 Å². The molecule has 0 atom stereocenters. The van der Waals surface area contributed by atoms with Gasteiger partial charge in [0.15, 0.2) is 0 Å². The molecule has 0 heterocycles. The van der Waals surface area contributed by atoms with Crippen molar-refractivity contribution in [3.05, 3.63) is 23.2 Å². The monoisotopic (exact) mass is 220 g/mol. The normalized spacial score (nSPS) is 11.3. The maximum atomic E-state index is 9.07. The van der Waals surface area contributed by atoms with Gasteiger partial charge in [-0.1, -0.05) is 11.6 Å². The summed E-state index contributed by atoms with van der Waals surface area (Å²) in [7, 11) is 10.4. The predicted octanol–water partition coefficient (Wildman–Crippen LogP) is 0.707. The summed E-state index contributed by atoms with van der Waals surface area (Å²) in [6.45, 7) is 0.426. The smallest absolute Gasteiger partial charge is 0.0990 e. The van der Waals surface area contributed by atoms with Gasteiger partial charge in [0.25, 0.3) is 0 Å². The lowest BCUT2D eigenvalue weighted by Gasteiger charge is -2.19.